The summed E-state index contributed by atoms with van der Waals surface area (Å²) in [6.45, 7) is -0.0195. The number of hydrogen-bond donors (Lipinski definition) is 1. The highest BCUT2D eigenvalue weighted by Crippen LogP contribution is 2.16. The maximum absolute atomic E-state index is 13.4. The summed E-state index contributed by atoms with van der Waals surface area (Å²) in [5.74, 6) is 0.0779. The van der Waals surface area contributed by atoms with Gasteiger partial charge in [-0.2, -0.15) is 5.26 Å². The van der Waals surface area contributed by atoms with Crippen molar-refractivity contribution < 1.29 is 13.9 Å². The third kappa shape index (κ3) is 4.60. The van der Waals surface area contributed by atoms with Crippen molar-refractivity contribution in [3.63, 3.8) is 0 Å². The Labute approximate surface area is 128 Å². The largest absolute Gasteiger partial charge is 0.479 e. The van der Waals surface area contributed by atoms with E-state index >= 15 is 0 Å². The van der Waals surface area contributed by atoms with Gasteiger partial charge in [0.05, 0.1) is 0 Å². The van der Waals surface area contributed by atoms with Gasteiger partial charge in [-0.05, 0) is 42.3 Å². The van der Waals surface area contributed by atoms with Gasteiger partial charge < -0.3 is 10.1 Å². The minimum absolute atomic E-state index is 0.0195. The van der Waals surface area contributed by atoms with Gasteiger partial charge >= 0.3 is 0 Å². The molecule has 2 rings (SSSR count). The normalized spacial score (nSPS) is 9.82. The lowest BCUT2D eigenvalue weighted by atomic mass is 10.1. The van der Waals surface area contributed by atoms with E-state index in [0.29, 0.717) is 23.4 Å². The van der Waals surface area contributed by atoms with E-state index in [1.54, 1.807) is 42.5 Å². The Morgan fingerprint density at radius 1 is 1.18 bits per heavy atom. The molecule has 0 radical (unpaired) electrons. The fraction of sp³-hybridized carbons (Fsp3) is 0.176. The van der Waals surface area contributed by atoms with Crippen LogP contribution in [-0.4, -0.2) is 12.5 Å². The molecule has 0 aliphatic heterocycles. The van der Waals surface area contributed by atoms with Crippen LogP contribution in [0.4, 0.5) is 10.1 Å². The second kappa shape index (κ2) is 7.79. The number of benzene rings is 2. The summed E-state index contributed by atoms with van der Waals surface area (Å²) in [6.07, 6.45) is 0.551. The Bertz CT molecular complexity index is 678. The number of amides is 1. The predicted molar refractivity (Wildman–Crippen MR) is 80.9 cm³/mol. The highest BCUT2D eigenvalue weighted by molar-refractivity contribution is 5.90. The molecule has 0 bridgehead atoms. The van der Waals surface area contributed by atoms with Crippen LogP contribution in [0.5, 0.6) is 5.75 Å². The van der Waals surface area contributed by atoms with Crippen LogP contribution in [0.25, 0.3) is 0 Å². The van der Waals surface area contributed by atoms with Crippen molar-refractivity contribution in [3.8, 4) is 11.8 Å². The summed E-state index contributed by atoms with van der Waals surface area (Å²) in [4.78, 5) is 11.8. The SMILES string of the molecule is N#CCOc1ccc(NC(=O)CCc2ccccc2F)cc1. The zero-order chi connectivity index (χ0) is 15.8. The lowest BCUT2D eigenvalue weighted by Gasteiger charge is -2.07. The van der Waals surface area contributed by atoms with E-state index in [1.807, 2.05) is 6.07 Å². The van der Waals surface area contributed by atoms with Crippen LogP contribution in [0.2, 0.25) is 0 Å². The van der Waals surface area contributed by atoms with E-state index in [1.165, 1.54) is 6.07 Å². The standard InChI is InChI=1S/C17H15FN2O2/c18-16-4-2-1-3-13(16)5-10-17(21)20-14-6-8-15(9-7-14)22-12-11-19/h1-4,6-9H,5,10,12H2,(H,20,21). The molecule has 0 heterocycles. The molecule has 4 nitrogen and oxygen atoms in total. The first-order valence-corrected chi connectivity index (χ1v) is 6.82. The Balaban J connectivity index is 1.84. The molecular formula is C17H15FN2O2. The monoisotopic (exact) mass is 298 g/mol. The zero-order valence-corrected chi connectivity index (χ0v) is 11.9. The highest BCUT2D eigenvalue weighted by Gasteiger charge is 2.06. The average molecular weight is 298 g/mol. The second-order valence-corrected chi connectivity index (χ2v) is 4.61. The van der Waals surface area contributed by atoms with Gasteiger partial charge in [0.15, 0.2) is 6.61 Å². The molecule has 1 amide bonds. The van der Waals surface area contributed by atoms with Crippen molar-refractivity contribution in [1.29, 1.82) is 5.26 Å². The molecule has 0 saturated carbocycles. The van der Waals surface area contributed by atoms with Gasteiger partial charge in [0.2, 0.25) is 5.91 Å². The minimum Gasteiger partial charge on any atom is -0.479 e. The first kappa shape index (κ1) is 15.5. The summed E-state index contributed by atoms with van der Waals surface area (Å²) in [5.41, 5.74) is 1.15. The Morgan fingerprint density at radius 3 is 2.59 bits per heavy atom. The summed E-state index contributed by atoms with van der Waals surface area (Å²) in [5, 5.41) is 11.1. The van der Waals surface area contributed by atoms with E-state index in [9.17, 15) is 9.18 Å². The van der Waals surface area contributed by atoms with Gasteiger partial charge in [0.25, 0.3) is 0 Å². The molecule has 2 aromatic rings. The summed E-state index contributed by atoms with van der Waals surface area (Å²) < 4.78 is 18.6. The van der Waals surface area contributed by atoms with Crippen molar-refractivity contribution in [3.05, 3.63) is 59.9 Å². The molecule has 0 saturated heterocycles. The fourth-order valence-corrected chi connectivity index (χ4v) is 1.92. The van der Waals surface area contributed by atoms with Crippen LogP contribution in [0.3, 0.4) is 0 Å². The molecule has 22 heavy (non-hydrogen) atoms. The predicted octanol–water partition coefficient (Wildman–Crippen LogP) is 3.30. The molecule has 0 unspecified atom stereocenters. The van der Waals surface area contributed by atoms with Gasteiger partial charge in [-0.25, -0.2) is 4.39 Å². The topological polar surface area (TPSA) is 62.1 Å². The number of aryl methyl sites for hydroxylation is 1. The molecule has 0 aliphatic rings. The number of hydrogen-bond acceptors (Lipinski definition) is 3. The first-order valence-electron chi connectivity index (χ1n) is 6.82. The van der Waals surface area contributed by atoms with Crippen molar-refractivity contribution >= 4 is 11.6 Å². The molecule has 1 N–H and O–H groups in total. The lowest BCUT2D eigenvalue weighted by molar-refractivity contribution is -0.116. The van der Waals surface area contributed by atoms with E-state index in [4.69, 9.17) is 10.00 Å². The third-order valence-electron chi connectivity index (χ3n) is 3.02. The molecule has 0 atom stereocenters. The van der Waals surface area contributed by atoms with Crippen LogP contribution < -0.4 is 10.1 Å². The number of nitriles is 1. The molecule has 0 spiro atoms. The number of nitrogens with one attached hydrogen (secondary N) is 1. The molecule has 0 fully saturated rings. The van der Waals surface area contributed by atoms with Gasteiger partial charge in [0.1, 0.15) is 17.6 Å². The highest BCUT2D eigenvalue weighted by atomic mass is 19.1. The lowest BCUT2D eigenvalue weighted by Crippen LogP contribution is -2.12. The number of rotatable bonds is 6. The van der Waals surface area contributed by atoms with Crippen LogP contribution >= 0.6 is 0 Å². The van der Waals surface area contributed by atoms with Gasteiger partial charge in [0, 0.05) is 12.1 Å². The van der Waals surface area contributed by atoms with Crippen LogP contribution in [0, 0.1) is 17.1 Å². The van der Waals surface area contributed by atoms with E-state index in [2.05, 4.69) is 5.32 Å². The Hall–Kier alpha value is -2.87. The number of carbonyl (C=O) groups is 1. The maximum Gasteiger partial charge on any atom is 0.224 e. The van der Waals surface area contributed by atoms with Crippen molar-refractivity contribution in [1.82, 2.24) is 0 Å². The van der Waals surface area contributed by atoms with Crippen molar-refractivity contribution in [2.75, 3.05) is 11.9 Å². The third-order valence-corrected chi connectivity index (χ3v) is 3.02. The van der Waals surface area contributed by atoms with Crippen LogP contribution in [-0.2, 0) is 11.2 Å². The number of halogens is 1. The van der Waals surface area contributed by atoms with Crippen LogP contribution in [0.15, 0.2) is 48.5 Å². The van der Waals surface area contributed by atoms with Gasteiger partial charge in [-0.15, -0.1) is 0 Å². The fourth-order valence-electron chi connectivity index (χ4n) is 1.92. The summed E-state index contributed by atoms with van der Waals surface area (Å²) >= 11 is 0. The number of ether oxygens (including phenoxy) is 1. The van der Waals surface area contributed by atoms with E-state index in [-0.39, 0.29) is 24.8 Å². The van der Waals surface area contributed by atoms with Crippen molar-refractivity contribution in [2.24, 2.45) is 0 Å². The molecule has 2 aromatic carbocycles. The summed E-state index contributed by atoms with van der Waals surface area (Å²) in [7, 11) is 0. The minimum atomic E-state index is -0.297. The average Bonchev–Trinajstić information content (AvgIpc) is 2.53. The maximum atomic E-state index is 13.4. The number of nitrogens with zero attached hydrogens (tertiary/aromatic N) is 1. The van der Waals surface area contributed by atoms with Gasteiger partial charge in [-0.1, -0.05) is 18.2 Å². The molecule has 5 heteroatoms. The molecule has 0 aromatic heterocycles. The summed E-state index contributed by atoms with van der Waals surface area (Å²) in [6, 6.07) is 15.0. The second-order valence-electron chi connectivity index (χ2n) is 4.61. The quantitative estimate of drug-likeness (QED) is 0.890. The van der Waals surface area contributed by atoms with Crippen molar-refractivity contribution in [2.45, 2.75) is 12.8 Å². The Morgan fingerprint density at radius 2 is 1.91 bits per heavy atom. The first-order chi connectivity index (χ1) is 10.7. The molecular weight excluding hydrogens is 283 g/mol. The van der Waals surface area contributed by atoms with E-state index in [0.717, 1.165) is 0 Å². The number of carbonyl (C=O) groups excluding carboxylic acids is 1. The van der Waals surface area contributed by atoms with Crippen LogP contribution in [0.1, 0.15) is 12.0 Å². The van der Waals surface area contributed by atoms with E-state index < -0.39 is 0 Å². The molecule has 0 aliphatic carbocycles. The zero-order valence-electron chi connectivity index (χ0n) is 11.9. The Kier molecular flexibility index (Phi) is 5.50. The smallest absolute Gasteiger partial charge is 0.224 e. The van der Waals surface area contributed by atoms with Gasteiger partial charge in [-0.3, -0.25) is 4.79 Å². The number of anilines is 1. The molecule has 112 valence electrons.